The zero-order chi connectivity index (χ0) is 21.6. The number of aliphatic imine (C=N–C) groups is 1. The van der Waals surface area contributed by atoms with Gasteiger partial charge in [-0.3, -0.25) is 4.99 Å². The maximum Gasteiger partial charge on any atom is 0.336 e. The van der Waals surface area contributed by atoms with Crippen LogP contribution in [-0.4, -0.2) is 11.3 Å². The molecule has 0 unspecified atom stereocenters. The molecule has 0 saturated heterocycles. The summed E-state index contributed by atoms with van der Waals surface area (Å²) in [6.45, 7) is 14.6. The van der Waals surface area contributed by atoms with Crippen molar-refractivity contribution in [2.45, 2.75) is 59.3 Å². The van der Waals surface area contributed by atoms with Crippen molar-refractivity contribution in [3.05, 3.63) is 69.1 Å². The highest BCUT2D eigenvalue weighted by Gasteiger charge is 2.24. The molecule has 1 aromatic heterocycles. The van der Waals surface area contributed by atoms with E-state index in [0.29, 0.717) is 16.8 Å². The minimum atomic E-state index is -0.374. The largest absolute Gasteiger partial charge is 0.507 e. The van der Waals surface area contributed by atoms with Crippen molar-refractivity contribution in [2.75, 3.05) is 0 Å². The number of rotatable bonds is 2. The number of phenolic OH excluding ortho intramolecular Hbond substituents is 1. The molecule has 0 aliphatic carbocycles. The van der Waals surface area contributed by atoms with Crippen LogP contribution in [0.2, 0.25) is 0 Å². The van der Waals surface area contributed by atoms with Crippen LogP contribution in [0.5, 0.6) is 5.75 Å². The van der Waals surface area contributed by atoms with Crippen LogP contribution in [0.15, 0.2) is 50.6 Å². The van der Waals surface area contributed by atoms with Gasteiger partial charge in [-0.1, -0.05) is 47.6 Å². The Hall–Kier alpha value is -2.88. The third-order valence-electron chi connectivity index (χ3n) is 5.10. The average molecular weight is 392 g/mol. The first-order valence-corrected chi connectivity index (χ1v) is 9.83. The third-order valence-corrected chi connectivity index (χ3v) is 5.10. The molecule has 4 heteroatoms. The average Bonchev–Trinajstić information content (AvgIpc) is 2.58. The molecule has 3 rings (SSSR count). The number of aromatic hydroxyl groups is 1. The summed E-state index contributed by atoms with van der Waals surface area (Å²) in [5.41, 5.74) is 4.12. The zero-order valence-corrected chi connectivity index (χ0v) is 18.3. The third kappa shape index (κ3) is 4.42. The fourth-order valence-corrected chi connectivity index (χ4v) is 3.30. The van der Waals surface area contributed by atoms with Gasteiger partial charge in [0.25, 0.3) is 0 Å². The van der Waals surface area contributed by atoms with Crippen LogP contribution in [0.3, 0.4) is 0 Å². The summed E-state index contributed by atoms with van der Waals surface area (Å²) in [7, 11) is 0. The standard InChI is InChI=1S/C25H29NO3/c1-15-10-22(27)29-21-13-18(8-9-19(15)21)26-14-16-11-17(24(2,3)4)12-20(23(16)28)25(5,6)7/h8-14,28H,1-7H3. The monoisotopic (exact) mass is 391 g/mol. The van der Waals surface area contributed by atoms with E-state index in [1.54, 1.807) is 12.3 Å². The molecule has 1 N–H and O–H groups in total. The van der Waals surface area contributed by atoms with Gasteiger partial charge in [-0.05, 0) is 47.1 Å². The van der Waals surface area contributed by atoms with Crippen LogP contribution in [0.4, 0.5) is 5.69 Å². The predicted molar refractivity (Wildman–Crippen MR) is 120 cm³/mol. The summed E-state index contributed by atoms with van der Waals surface area (Å²) in [6, 6.07) is 11.1. The lowest BCUT2D eigenvalue weighted by Gasteiger charge is -2.26. The van der Waals surface area contributed by atoms with E-state index in [-0.39, 0.29) is 22.2 Å². The molecule has 0 amide bonds. The van der Waals surface area contributed by atoms with Gasteiger partial charge >= 0.3 is 5.63 Å². The van der Waals surface area contributed by atoms with Crippen molar-refractivity contribution in [3.63, 3.8) is 0 Å². The van der Waals surface area contributed by atoms with E-state index in [4.69, 9.17) is 4.42 Å². The second-order valence-electron chi connectivity index (χ2n) is 9.65. The Morgan fingerprint density at radius 3 is 2.28 bits per heavy atom. The topological polar surface area (TPSA) is 62.8 Å². The molecule has 0 aliphatic heterocycles. The number of aryl methyl sites for hydroxylation is 1. The number of benzene rings is 2. The SMILES string of the molecule is Cc1cc(=O)oc2cc(N=Cc3cc(C(C)(C)C)cc(C(C)(C)C)c3O)ccc12. The molecular weight excluding hydrogens is 362 g/mol. The molecule has 0 atom stereocenters. The number of hydrogen-bond donors (Lipinski definition) is 1. The Morgan fingerprint density at radius 2 is 1.66 bits per heavy atom. The van der Waals surface area contributed by atoms with Gasteiger partial charge < -0.3 is 9.52 Å². The highest BCUT2D eigenvalue weighted by Crippen LogP contribution is 2.37. The summed E-state index contributed by atoms with van der Waals surface area (Å²) in [4.78, 5) is 16.2. The van der Waals surface area contributed by atoms with Gasteiger partial charge in [0.2, 0.25) is 0 Å². The number of hydrogen-bond acceptors (Lipinski definition) is 4. The Morgan fingerprint density at radius 1 is 0.966 bits per heavy atom. The fourth-order valence-electron chi connectivity index (χ4n) is 3.30. The first-order valence-electron chi connectivity index (χ1n) is 9.83. The van der Waals surface area contributed by atoms with Crippen molar-refractivity contribution in [1.82, 2.24) is 0 Å². The number of phenols is 1. The molecule has 0 spiro atoms. The minimum absolute atomic E-state index is 0.0554. The van der Waals surface area contributed by atoms with Crippen molar-refractivity contribution in [1.29, 1.82) is 0 Å². The summed E-state index contributed by atoms with van der Waals surface area (Å²) in [6.07, 6.45) is 1.68. The van der Waals surface area contributed by atoms with Gasteiger partial charge in [0.15, 0.2) is 0 Å². The van der Waals surface area contributed by atoms with Crippen LogP contribution in [-0.2, 0) is 10.8 Å². The molecule has 152 valence electrons. The zero-order valence-electron chi connectivity index (χ0n) is 18.3. The van der Waals surface area contributed by atoms with E-state index in [2.05, 4.69) is 52.6 Å². The Bertz CT molecular complexity index is 1160. The smallest absolute Gasteiger partial charge is 0.336 e. The van der Waals surface area contributed by atoms with Gasteiger partial charge in [-0.2, -0.15) is 0 Å². The molecule has 0 fully saturated rings. The van der Waals surface area contributed by atoms with Crippen LogP contribution in [0, 0.1) is 6.92 Å². The summed E-state index contributed by atoms with van der Waals surface area (Å²) in [5.74, 6) is 0.248. The molecule has 0 bridgehead atoms. The van der Waals surface area contributed by atoms with E-state index in [1.807, 2.05) is 25.1 Å². The molecule has 3 aromatic rings. The maximum absolute atomic E-state index is 11.7. The van der Waals surface area contributed by atoms with E-state index in [0.717, 1.165) is 22.1 Å². The van der Waals surface area contributed by atoms with Gasteiger partial charge in [-0.15, -0.1) is 0 Å². The van der Waals surface area contributed by atoms with Crippen LogP contribution in [0.1, 0.15) is 63.8 Å². The Kier molecular flexibility index (Phi) is 5.16. The molecule has 1 heterocycles. The van der Waals surface area contributed by atoms with Crippen LogP contribution in [0.25, 0.3) is 11.0 Å². The first kappa shape index (κ1) is 20.8. The second-order valence-corrected chi connectivity index (χ2v) is 9.65. The van der Waals surface area contributed by atoms with Gasteiger partial charge in [0.05, 0.1) is 5.69 Å². The number of nitrogens with zero attached hydrogens (tertiary/aromatic N) is 1. The molecule has 0 aliphatic rings. The normalized spacial score (nSPS) is 12.8. The summed E-state index contributed by atoms with van der Waals surface area (Å²) >= 11 is 0. The first-order chi connectivity index (χ1) is 13.4. The van der Waals surface area contributed by atoms with E-state index in [9.17, 15) is 9.90 Å². The Balaban J connectivity index is 2.10. The maximum atomic E-state index is 11.7. The van der Waals surface area contributed by atoms with Crippen molar-refractivity contribution in [3.8, 4) is 5.75 Å². The van der Waals surface area contributed by atoms with E-state index < -0.39 is 0 Å². The van der Waals surface area contributed by atoms with Crippen molar-refractivity contribution < 1.29 is 9.52 Å². The Labute approximate surface area is 171 Å². The van der Waals surface area contributed by atoms with Crippen molar-refractivity contribution >= 4 is 22.9 Å². The molecule has 0 saturated carbocycles. The summed E-state index contributed by atoms with van der Waals surface area (Å²) < 4.78 is 5.31. The molecule has 4 nitrogen and oxygen atoms in total. The fraction of sp³-hybridized carbons (Fsp3) is 0.360. The van der Waals surface area contributed by atoms with Crippen LogP contribution >= 0.6 is 0 Å². The molecule has 0 radical (unpaired) electrons. The van der Waals surface area contributed by atoms with E-state index in [1.165, 1.54) is 6.07 Å². The lowest BCUT2D eigenvalue weighted by Crippen LogP contribution is -2.17. The van der Waals surface area contributed by atoms with Gasteiger partial charge in [-0.25, -0.2) is 4.79 Å². The summed E-state index contributed by atoms with van der Waals surface area (Å²) in [5, 5.41) is 11.8. The second kappa shape index (κ2) is 7.18. The highest BCUT2D eigenvalue weighted by molar-refractivity contribution is 5.88. The quantitative estimate of drug-likeness (QED) is 0.421. The minimum Gasteiger partial charge on any atom is -0.507 e. The molecular formula is C25H29NO3. The molecule has 2 aromatic carbocycles. The molecule has 29 heavy (non-hydrogen) atoms. The highest BCUT2D eigenvalue weighted by atomic mass is 16.4. The van der Waals surface area contributed by atoms with Crippen molar-refractivity contribution in [2.24, 2.45) is 4.99 Å². The predicted octanol–water partition coefficient (Wildman–Crippen LogP) is 6.15. The number of fused-ring (bicyclic) bond motifs is 1. The lowest BCUT2D eigenvalue weighted by molar-refractivity contribution is 0.444. The van der Waals surface area contributed by atoms with E-state index >= 15 is 0 Å². The van der Waals surface area contributed by atoms with Crippen LogP contribution < -0.4 is 5.63 Å². The lowest BCUT2D eigenvalue weighted by atomic mass is 9.79. The van der Waals surface area contributed by atoms with Gasteiger partial charge in [0, 0.05) is 34.9 Å². The van der Waals surface area contributed by atoms with Gasteiger partial charge in [0.1, 0.15) is 11.3 Å².